The minimum atomic E-state index is -0.356. The van der Waals surface area contributed by atoms with Gasteiger partial charge in [0, 0.05) is 62.6 Å². The summed E-state index contributed by atoms with van der Waals surface area (Å²) in [5, 5.41) is 11.7. The molecule has 6 heterocycles. The minimum absolute atomic E-state index is 0.189. The van der Waals surface area contributed by atoms with Crippen LogP contribution in [0.2, 0.25) is 0 Å². The topological polar surface area (TPSA) is 147 Å². The molecule has 4 aliphatic rings. The highest BCUT2D eigenvalue weighted by molar-refractivity contribution is 6.01. The Morgan fingerprint density at radius 1 is 0.729 bits per heavy atom. The van der Waals surface area contributed by atoms with Crippen LogP contribution < -0.4 is 26.0 Å². The van der Waals surface area contributed by atoms with Gasteiger partial charge in [0.1, 0.15) is 35.4 Å². The molecule has 4 fully saturated rings. The molecule has 308 valence electrons. The van der Waals surface area contributed by atoms with Crippen molar-refractivity contribution in [2.45, 2.75) is 69.9 Å². The lowest BCUT2D eigenvalue weighted by atomic mass is 9.82. The zero-order valence-corrected chi connectivity index (χ0v) is 33.8. The van der Waals surface area contributed by atoms with Crippen molar-refractivity contribution in [1.82, 2.24) is 34.9 Å². The molecule has 4 aliphatic heterocycles. The minimum Gasteiger partial charge on any atom is -0.457 e. The summed E-state index contributed by atoms with van der Waals surface area (Å²) in [6, 6.07) is 26.1. The molecule has 0 saturated carbocycles. The summed E-state index contributed by atoms with van der Waals surface area (Å²) in [5.41, 5.74) is 11.2. The lowest BCUT2D eigenvalue weighted by Crippen LogP contribution is -2.47. The van der Waals surface area contributed by atoms with Crippen molar-refractivity contribution in [2.75, 3.05) is 68.3 Å². The van der Waals surface area contributed by atoms with Crippen LogP contribution in [0.15, 0.2) is 85.2 Å². The number of likely N-dealkylation sites (tertiary alicyclic amines) is 2. The smallest absolute Gasteiger partial charge is 0.249 e. The summed E-state index contributed by atoms with van der Waals surface area (Å²) >= 11 is 0. The maximum atomic E-state index is 12.1. The Hall–Kier alpha value is -5.53. The van der Waals surface area contributed by atoms with Gasteiger partial charge in [-0.25, -0.2) is 14.6 Å². The zero-order chi connectivity index (χ0) is 40.1. The van der Waals surface area contributed by atoms with Crippen LogP contribution in [0, 0.1) is 11.8 Å². The number of ether oxygens (including phenoxy) is 1. The van der Waals surface area contributed by atoms with Crippen LogP contribution >= 0.6 is 0 Å². The number of carbonyl (C=O) groups excluding carboxylic acids is 2. The highest BCUT2D eigenvalue weighted by Crippen LogP contribution is 2.36. The number of para-hydroxylation sites is 1. The van der Waals surface area contributed by atoms with Gasteiger partial charge in [-0.1, -0.05) is 18.2 Å². The predicted molar refractivity (Wildman–Crippen MR) is 231 cm³/mol. The third-order valence-electron chi connectivity index (χ3n) is 13.1. The van der Waals surface area contributed by atoms with Crippen molar-refractivity contribution >= 4 is 40.0 Å². The summed E-state index contributed by atoms with van der Waals surface area (Å²) in [4.78, 5) is 40.4. The molecule has 2 amide bonds. The van der Waals surface area contributed by atoms with E-state index in [4.69, 9.17) is 15.6 Å². The number of nitrogens with zero attached hydrogens (tertiary/aromatic N) is 7. The van der Waals surface area contributed by atoms with Gasteiger partial charge in [0.15, 0.2) is 5.65 Å². The molecule has 1 atom stereocenters. The van der Waals surface area contributed by atoms with E-state index in [-0.39, 0.29) is 23.9 Å². The fourth-order valence-corrected chi connectivity index (χ4v) is 9.57. The Morgan fingerprint density at radius 3 is 2.05 bits per heavy atom. The number of benzene rings is 3. The van der Waals surface area contributed by atoms with E-state index < -0.39 is 0 Å². The van der Waals surface area contributed by atoms with E-state index in [0.717, 1.165) is 103 Å². The number of hydrogen-bond acceptors (Lipinski definition) is 11. The van der Waals surface area contributed by atoms with Crippen LogP contribution in [0.3, 0.4) is 0 Å². The fourth-order valence-electron chi connectivity index (χ4n) is 9.57. The average Bonchev–Trinajstić information content (AvgIpc) is 3.67. The second kappa shape index (κ2) is 17.8. The Bertz CT molecular complexity index is 2190. The van der Waals surface area contributed by atoms with Crippen molar-refractivity contribution in [3.05, 3.63) is 85.2 Å². The van der Waals surface area contributed by atoms with Crippen LogP contribution in [0.5, 0.6) is 11.5 Å². The third kappa shape index (κ3) is 9.21. The monoisotopic (exact) mass is 796 g/mol. The third-order valence-corrected chi connectivity index (χ3v) is 13.1. The Kier molecular flexibility index (Phi) is 11.7. The quantitative estimate of drug-likeness (QED) is 0.115. The molecule has 3 aromatic carbocycles. The number of fused-ring (bicyclic) bond motifs is 1. The van der Waals surface area contributed by atoms with Crippen LogP contribution in [-0.2, 0) is 9.59 Å². The van der Waals surface area contributed by atoms with Gasteiger partial charge < -0.3 is 30.5 Å². The number of nitrogens with two attached hydrogens (primary N) is 1. The lowest BCUT2D eigenvalue weighted by Gasteiger charge is -2.38. The van der Waals surface area contributed by atoms with E-state index in [1.165, 1.54) is 50.9 Å². The Morgan fingerprint density at radius 2 is 1.37 bits per heavy atom. The molecule has 59 heavy (non-hydrogen) atoms. The standard InChI is InChI=1S/C46H56N10O3/c47-44-42-43(34-6-12-39(13-7-34)59-38-4-2-1-3-5-38)52-56(45(42)49-31-48-44)37-20-24-54(25-21-37)29-28-53-22-16-32(17-23-53)30-33-18-26-55(27-19-33)36-10-8-35(9-11-36)50-40-14-15-41(57)51-46(40)58/h1-13,31-33,37,40,50H,14-30H2,(H2,47,48,49)(H,51,57,58). The van der Waals surface area contributed by atoms with E-state index in [1.54, 1.807) is 6.33 Å². The second-order valence-electron chi connectivity index (χ2n) is 16.9. The number of carbonyl (C=O) groups is 2. The van der Waals surface area contributed by atoms with Crippen molar-refractivity contribution in [3.8, 4) is 22.8 Å². The lowest BCUT2D eigenvalue weighted by molar-refractivity contribution is -0.133. The van der Waals surface area contributed by atoms with E-state index in [9.17, 15) is 9.59 Å². The van der Waals surface area contributed by atoms with E-state index in [2.05, 4.69) is 64.2 Å². The molecule has 9 rings (SSSR count). The van der Waals surface area contributed by atoms with Crippen LogP contribution in [-0.4, -0.2) is 99.8 Å². The average molecular weight is 797 g/mol. The van der Waals surface area contributed by atoms with E-state index in [0.29, 0.717) is 18.7 Å². The molecule has 13 heteroatoms. The van der Waals surface area contributed by atoms with Gasteiger partial charge in [-0.3, -0.25) is 14.9 Å². The number of aromatic nitrogens is 4. The zero-order valence-electron chi connectivity index (χ0n) is 33.8. The molecular formula is C46H56N10O3. The van der Waals surface area contributed by atoms with Gasteiger partial charge >= 0.3 is 0 Å². The molecule has 4 saturated heterocycles. The SMILES string of the molecule is Nc1ncnc2c1c(-c1ccc(Oc3ccccc3)cc1)nn2C1CCN(CCN2CCC(CC3CCN(c4ccc(NC5CCC(=O)NC5=O)cc4)CC3)CC2)CC1. The Labute approximate surface area is 346 Å². The van der Waals surface area contributed by atoms with Crippen LogP contribution in [0.25, 0.3) is 22.3 Å². The number of anilines is 3. The van der Waals surface area contributed by atoms with E-state index in [1.807, 2.05) is 54.6 Å². The van der Waals surface area contributed by atoms with E-state index >= 15 is 0 Å². The summed E-state index contributed by atoms with van der Waals surface area (Å²) in [6.07, 6.45) is 11.0. The number of hydrogen-bond donors (Lipinski definition) is 3. The van der Waals surface area contributed by atoms with Crippen molar-refractivity contribution in [1.29, 1.82) is 0 Å². The Balaban J connectivity index is 0.700. The molecule has 1 unspecified atom stereocenters. The first-order valence-electron chi connectivity index (χ1n) is 21.6. The van der Waals surface area contributed by atoms with Crippen molar-refractivity contribution < 1.29 is 14.3 Å². The number of nitrogen functional groups attached to an aromatic ring is 1. The first-order valence-corrected chi connectivity index (χ1v) is 21.6. The van der Waals surface area contributed by atoms with Gasteiger partial charge in [0.05, 0.1) is 11.4 Å². The molecule has 0 aliphatic carbocycles. The number of rotatable bonds is 12. The van der Waals surface area contributed by atoms with Gasteiger partial charge in [-0.2, -0.15) is 5.10 Å². The van der Waals surface area contributed by atoms with Crippen molar-refractivity contribution in [2.24, 2.45) is 11.8 Å². The summed E-state index contributed by atoms with van der Waals surface area (Å²) in [7, 11) is 0. The summed E-state index contributed by atoms with van der Waals surface area (Å²) in [5.74, 6) is 3.24. The molecule has 2 aromatic heterocycles. The molecular weight excluding hydrogens is 741 g/mol. The van der Waals surface area contributed by atoms with Crippen molar-refractivity contribution in [3.63, 3.8) is 0 Å². The number of amides is 2. The normalized spacial score (nSPS) is 20.5. The number of piperidine rings is 4. The highest BCUT2D eigenvalue weighted by Gasteiger charge is 2.29. The summed E-state index contributed by atoms with van der Waals surface area (Å²) in [6.45, 7) is 8.96. The number of nitrogens with one attached hydrogen (secondary N) is 2. The molecule has 13 nitrogen and oxygen atoms in total. The maximum absolute atomic E-state index is 12.1. The first-order chi connectivity index (χ1) is 28.9. The molecule has 5 aromatic rings. The van der Waals surface area contributed by atoms with Gasteiger partial charge in [0.25, 0.3) is 0 Å². The highest BCUT2D eigenvalue weighted by atomic mass is 16.5. The van der Waals surface area contributed by atoms with Gasteiger partial charge in [-0.15, -0.1) is 0 Å². The molecule has 0 bridgehead atoms. The molecule has 0 radical (unpaired) electrons. The summed E-state index contributed by atoms with van der Waals surface area (Å²) < 4.78 is 8.12. The molecule has 4 N–H and O–H groups in total. The second-order valence-corrected chi connectivity index (χ2v) is 16.9. The van der Waals surface area contributed by atoms with Gasteiger partial charge in [0.2, 0.25) is 11.8 Å². The largest absolute Gasteiger partial charge is 0.457 e. The molecule has 0 spiro atoms. The van der Waals surface area contributed by atoms with Crippen LogP contribution in [0.4, 0.5) is 17.2 Å². The van der Waals surface area contributed by atoms with Gasteiger partial charge in [-0.05, 0) is 137 Å². The first kappa shape index (κ1) is 39.0. The number of imide groups is 1. The van der Waals surface area contributed by atoms with Crippen LogP contribution in [0.1, 0.15) is 63.8 Å². The predicted octanol–water partition coefficient (Wildman–Crippen LogP) is 6.74. The fraction of sp³-hybridized carbons (Fsp3) is 0.457. The maximum Gasteiger partial charge on any atom is 0.249 e.